The van der Waals surface area contributed by atoms with E-state index in [-0.39, 0.29) is 9.79 Å². The third-order valence-electron chi connectivity index (χ3n) is 9.22. The van der Waals surface area contributed by atoms with Crippen LogP contribution in [0.25, 0.3) is 0 Å². The smallest absolute Gasteiger partial charge is 0.124 e. The number of aryl methyl sites for hydroxylation is 2. The van der Waals surface area contributed by atoms with E-state index >= 15 is 0 Å². The Labute approximate surface area is 319 Å². The van der Waals surface area contributed by atoms with Crippen LogP contribution in [0.3, 0.4) is 0 Å². The highest BCUT2D eigenvalue weighted by molar-refractivity contribution is 7.86. The zero-order valence-corrected chi connectivity index (χ0v) is 34.5. The fourth-order valence-electron chi connectivity index (χ4n) is 5.92. The maximum absolute atomic E-state index is 10.8. The largest absolute Gasteiger partial charge is 0.744 e. The van der Waals surface area contributed by atoms with Gasteiger partial charge >= 0.3 is 0 Å². The average molecular weight is 767 g/mol. The molecular formula is C42H74N2O6S2-2. The Kier molecular flexibility index (Phi) is 32.5. The summed E-state index contributed by atoms with van der Waals surface area (Å²) in [5.41, 5.74) is 12.8. The Balaban J connectivity index is 0.000000829. The summed E-state index contributed by atoms with van der Waals surface area (Å²) in [5.74, 6) is 0. The van der Waals surface area contributed by atoms with Crippen LogP contribution in [0, 0.1) is 0 Å². The fourth-order valence-corrected chi connectivity index (χ4v) is 6.86. The summed E-state index contributed by atoms with van der Waals surface area (Å²) in [5, 5.41) is 0. The topological polar surface area (TPSA) is 166 Å². The van der Waals surface area contributed by atoms with Crippen LogP contribution in [0.4, 0.5) is 0 Å². The monoisotopic (exact) mass is 766 g/mol. The predicted octanol–water partition coefficient (Wildman–Crippen LogP) is 10.6. The molecule has 0 saturated heterocycles. The van der Waals surface area contributed by atoms with Crippen LogP contribution in [0.5, 0.6) is 0 Å². The van der Waals surface area contributed by atoms with Crippen LogP contribution in [0.2, 0.25) is 0 Å². The minimum absolute atomic E-state index is 0.140. The molecule has 2 aromatic rings. The highest BCUT2D eigenvalue weighted by atomic mass is 32.2. The van der Waals surface area contributed by atoms with Gasteiger partial charge in [0.15, 0.2) is 0 Å². The lowest BCUT2D eigenvalue weighted by Gasteiger charge is -2.08. The van der Waals surface area contributed by atoms with Crippen molar-refractivity contribution in [1.82, 2.24) is 0 Å². The molecule has 0 unspecified atom stereocenters. The summed E-state index contributed by atoms with van der Waals surface area (Å²) in [4.78, 5) is -0.279. The summed E-state index contributed by atoms with van der Waals surface area (Å²) < 4.78 is 65.0. The van der Waals surface area contributed by atoms with Gasteiger partial charge in [-0.05, 0) is 87.0 Å². The second-order valence-electron chi connectivity index (χ2n) is 14.1. The molecule has 302 valence electrons. The van der Waals surface area contributed by atoms with Crippen molar-refractivity contribution in [1.29, 1.82) is 0 Å². The summed E-state index contributed by atoms with van der Waals surface area (Å²) in [7, 11) is -8.63. The first-order valence-corrected chi connectivity index (χ1v) is 23.3. The van der Waals surface area contributed by atoms with Crippen LogP contribution >= 0.6 is 0 Å². The number of unbranched alkanes of at least 4 members (excludes halogenated alkanes) is 21. The van der Waals surface area contributed by atoms with Gasteiger partial charge in [0.2, 0.25) is 0 Å². The van der Waals surface area contributed by atoms with E-state index in [0.717, 1.165) is 62.7 Å². The summed E-state index contributed by atoms with van der Waals surface area (Å²) in [6.07, 6.45) is 32.9. The van der Waals surface area contributed by atoms with Crippen LogP contribution in [0.15, 0.2) is 58.3 Å². The second kappa shape index (κ2) is 33.7. The van der Waals surface area contributed by atoms with Gasteiger partial charge in [0.1, 0.15) is 20.2 Å². The van der Waals surface area contributed by atoms with Gasteiger partial charge < -0.3 is 20.6 Å². The molecule has 0 aliphatic carbocycles. The highest BCUT2D eigenvalue weighted by Gasteiger charge is 2.02. The van der Waals surface area contributed by atoms with Crippen LogP contribution in [-0.2, 0) is 33.1 Å². The van der Waals surface area contributed by atoms with Crippen molar-refractivity contribution in [2.24, 2.45) is 11.5 Å². The quantitative estimate of drug-likeness (QED) is 0.0609. The molecule has 0 saturated carbocycles. The van der Waals surface area contributed by atoms with Crippen LogP contribution < -0.4 is 11.5 Å². The number of rotatable bonds is 29. The Bertz CT molecular complexity index is 1180. The summed E-state index contributed by atoms with van der Waals surface area (Å²) in [6, 6.07) is 12.6. The van der Waals surface area contributed by atoms with E-state index in [2.05, 4.69) is 13.8 Å². The molecule has 2 aromatic carbocycles. The lowest BCUT2D eigenvalue weighted by molar-refractivity contribution is 0.461. The zero-order valence-electron chi connectivity index (χ0n) is 32.8. The minimum Gasteiger partial charge on any atom is -0.744 e. The molecule has 0 aliphatic heterocycles. The van der Waals surface area contributed by atoms with Gasteiger partial charge in [-0.15, -0.1) is 0 Å². The molecule has 0 radical (unpaired) electrons. The highest BCUT2D eigenvalue weighted by Crippen LogP contribution is 2.16. The Morgan fingerprint density at radius 1 is 0.385 bits per heavy atom. The molecule has 0 atom stereocenters. The standard InChI is InChI=1S/2C18H30O3S.C6H16N2/c2*1-2-3-4-5-6-7-8-9-10-11-12-17-13-15-18(16-14-17)22(19,20)21;7-5-3-1-2-4-6-8/h2*13-16H,2-12H2,1H3,(H,19,20,21);1-8H2/p-2. The molecular weight excluding hydrogens is 693 g/mol. The van der Waals surface area contributed by atoms with Gasteiger partial charge in [0.05, 0.1) is 9.79 Å². The first kappa shape index (κ1) is 50.2. The number of nitrogens with two attached hydrogens (primary N) is 2. The van der Waals surface area contributed by atoms with Crippen LogP contribution in [-0.4, -0.2) is 39.0 Å². The minimum atomic E-state index is -4.31. The van der Waals surface area contributed by atoms with Gasteiger partial charge in [0, 0.05) is 0 Å². The molecule has 0 bridgehead atoms. The van der Waals surface area contributed by atoms with Gasteiger partial charge in [0.25, 0.3) is 0 Å². The lowest BCUT2D eigenvalue weighted by Crippen LogP contribution is -2.00. The van der Waals surface area contributed by atoms with Crippen molar-refractivity contribution in [2.45, 2.75) is 191 Å². The van der Waals surface area contributed by atoms with Crippen molar-refractivity contribution in [3.8, 4) is 0 Å². The lowest BCUT2D eigenvalue weighted by atomic mass is 10.0. The zero-order chi connectivity index (χ0) is 38.8. The molecule has 8 nitrogen and oxygen atoms in total. The SMILES string of the molecule is CCCCCCCCCCCCc1ccc(S(=O)(=O)[O-])cc1.CCCCCCCCCCCCc1ccc(S(=O)(=O)[O-])cc1.NCCCCCCN. The Morgan fingerprint density at radius 3 is 0.846 bits per heavy atom. The van der Waals surface area contributed by atoms with Crippen molar-refractivity contribution < 1.29 is 25.9 Å². The van der Waals surface area contributed by atoms with Gasteiger partial charge in [-0.25, -0.2) is 16.8 Å². The molecule has 0 heterocycles. The molecule has 0 spiro atoms. The maximum atomic E-state index is 10.8. The predicted molar refractivity (Wildman–Crippen MR) is 216 cm³/mol. The van der Waals surface area contributed by atoms with Crippen molar-refractivity contribution in [3.05, 3.63) is 59.7 Å². The Hall–Kier alpha value is -1.82. The van der Waals surface area contributed by atoms with E-state index in [1.165, 1.54) is 153 Å². The average Bonchev–Trinajstić information content (AvgIpc) is 3.12. The number of hydrogen-bond acceptors (Lipinski definition) is 8. The number of hydrogen-bond donors (Lipinski definition) is 2. The molecule has 0 fully saturated rings. The van der Waals surface area contributed by atoms with Gasteiger partial charge in [-0.2, -0.15) is 0 Å². The van der Waals surface area contributed by atoms with Gasteiger partial charge in [-0.1, -0.05) is 167 Å². The fraction of sp³-hybridized carbons (Fsp3) is 0.714. The van der Waals surface area contributed by atoms with E-state index < -0.39 is 20.2 Å². The first-order chi connectivity index (χ1) is 25.0. The maximum Gasteiger partial charge on any atom is 0.124 e. The molecule has 4 N–H and O–H groups in total. The van der Waals surface area contributed by atoms with E-state index in [4.69, 9.17) is 11.5 Å². The van der Waals surface area contributed by atoms with Gasteiger partial charge in [-0.3, -0.25) is 0 Å². The molecule has 10 heteroatoms. The molecule has 0 aliphatic rings. The third kappa shape index (κ3) is 30.6. The first-order valence-electron chi connectivity index (χ1n) is 20.5. The third-order valence-corrected chi connectivity index (χ3v) is 10.9. The van der Waals surface area contributed by atoms with E-state index in [0.29, 0.717) is 0 Å². The molecule has 2 rings (SSSR count). The van der Waals surface area contributed by atoms with E-state index in [1.54, 1.807) is 24.3 Å². The van der Waals surface area contributed by atoms with Crippen LogP contribution in [0.1, 0.15) is 179 Å². The second-order valence-corrected chi connectivity index (χ2v) is 16.8. The summed E-state index contributed by atoms with van der Waals surface area (Å²) in [6.45, 7) is 6.13. The van der Waals surface area contributed by atoms with E-state index in [9.17, 15) is 25.9 Å². The molecule has 0 aromatic heterocycles. The van der Waals surface area contributed by atoms with E-state index in [1.807, 2.05) is 0 Å². The van der Waals surface area contributed by atoms with Crippen molar-refractivity contribution in [2.75, 3.05) is 13.1 Å². The molecule has 0 amide bonds. The summed E-state index contributed by atoms with van der Waals surface area (Å²) >= 11 is 0. The van der Waals surface area contributed by atoms with Crippen molar-refractivity contribution >= 4 is 20.2 Å². The normalized spacial score (nSPS) is 11.4. The van der Waals surface area contributed by atoms with Crippen molar-refractivity contribution in [3.63, 3.8) is 0 Å². The Morgan fingerprint density at radius 2 is 0.615 bits per heavy atom. The molecule has 52 heavy (non-hydrogen) atoms. The number of benzene rings is 2.